The lowest BCUT2D eigenvalue weighted by atomic mass is 10.1. The van der Waals surface area contributed by atoms with Gasteiger partial charge in [0.05, 0.1) is 5.75 Å². The molecule has 0 fully saturated rings. The lowest BCUT2D eigenvalue weighted by Gasteiger charge is -2.11. The first-order valence-electron chi connectivity index (χ1n) is 9.71. The number of carbonyl (C=O) groups is 1. The van der Waals surface area contributed by atoms with Crippen LogP contribution in [0, 0.1) is 6.92 Å². The highest BCUT2D eigenvalue weighted by Crippen LogP contribution is 2.24. The molecule has 0 radical (unpaired) electrons. The fraction of sp³-hybridized carbons (Fsp3) is 0.125. The quantitative estimate of drug-likeness (QED) is 0.252. The van der Waals surface area contributed by atoms with Crippen molar-refractivity contribution in [3.8, 4) is 11.4 Å². The zero-order valence-electron chi connectivity index (χ0n) is 16.9. The average Bonchev–Trinajstić information content (AvgIpc) is 3.20. The molecule has 4 rings (SSSR count). The number of ether oxygens (including phenoxy) is 1. The number of para-hydroxylation sites is 1. The molecule has 1 heterocycles. The molecule has 0 saturated carbocycles. The van der Waals surface area contributed by atoms with E-state index < -0.39 is 0 Å². The van der Waals surface area contributed by atoms with E-state index in [1.807, 2.05) is 66.1 Å². The third-order valence-electron chi connectivity index (χ3n) is 4.60. The first-order chi connectivity index (χ1) is 15.1. The van der Waals surface area contributed by atoms with Gasteiger partial charge in [0.1, 0.15) is 12.4 Å². The molecule has 0 unspecified atom stereocenters. The Balaban J connectivity index is 1.56. The molecular formula is C24H20ClN3O2S. The Morgan fingerprint density at radius 3 is 2.39 bits per heavy atom. The minimum absolute atomic E-state index is 0.00204. The molecule has 4 aromatic rings. The summed E-state index contributed by atoms with van der Waals surface area (Å²) in [7, 11) is 0. The van der Waals surface area contributed by atoms with Crippen LogP contribution in [0.25, 0.3) is 5.69 Å². The molecule has 0 saturated heterocycles. The van der Waals surface area contributed by atoms with E-state index in [0.717, 1.165) is 17.0 Å². The van der Waals surface area contributed by atoms with Crippen LogP contribution in [0.1, 0.15) is 21.7 Å². The van der Waals surface area contributed by atoms with Gasteiger partial charge in [-0.25, -0.2) is 0 Å². The van der Waals surface area contributed by atoms with E-state index in [0.29, 0.717) is 21.6 Å². The number of Topliss-reactive ketones (excluding diaryl/α,β-unsaturated/α-hetero) is 1. The maximum absolute atomic E-state index is 12.6. The summed E-state index contributed by atoms with van der Waals surface area (Å²) in [6.45, 7) is 2.30. The molecule has 156 valence electrons. The minimum atomic E-state index is 0.00204. The molecule has 5 nitrogen and oxygen atoms in total. The van der Waals surface area contributed by atoms with Crippen LogP contribution in [0.4, 0.5) is 0 Å². The number of benzene rings is 3. The Hall–Kier alpha value is -3.09. The van der Waals surface area contributed by atoms with Gasteiger partial charge in [0.15, 0.2) is 16.8 Å². The number of hydrogen-bond acceptors (Lipinski definition) is 5. The standard InChI is InChI=1S/C24H20ClN3O2S/c1-17-7-13-20(14-8-17)28-23(15-30-21-5-3-2-4-6-21)26-27-24(28)31-16-22(29)18-9-11-19(25)12-10-18/h2-14H,15-16H2,1H3. The fourth-order valence-electron chi connectivity index (χ4n) is 2.95. The van der Waals surface area contributed by atoms with Crippen LogP contribution in [0.15, 0.2) is 84.0 Å². The van der Waals surface area contributed by atoms with Crippen molar-refractivity contribution in [3.05, 3.63) is 101 Å². The summed E-state index contributed by atoms with van der Waals surface area (Å²) in [6, 6.07) is 24.5. The van der Waals surface area contributed by atoms with Gasteiger partial charge in [0.25, 0.3) is 0 Å². The lowest BCUT2D eigenvalue weighted by molar-refractivity contribution is 0.102. The van der Waals surface area contributed by atoms with Crippen LogP contribution in [-0.4, -0.2) is 26.3 Å². The van der Waals surface area contributed by atoms with Gasteiger partial charge in [-0.15, -0.1) is 10.2 Å². The SMILES string of the molecule is Cc1ccc(-n2c(COc3ccccc3)nnc2SCC(=O)c2ccc(Cl)cc2)cc1. The Morgan fingerprint density at radius 1 is 0.968 bits per heavy atom. The Labute approximate surface area is 190 Å². The molecule has 0 spiro atoms. The van der Waals surface area contributed by atoms with E-state index >= 15 is 0 Å². The van der Waals surface area contributed by atoms with E-state index in [-0.39, 0.29) is 18.1 Å². The number of nitrogens with zero attached hydrogens (tertiary/aromatic N) is 3. The number of thioether (sulfide) groups is 1. The van der Waals surface area contributed by atoms with E-state index in [9.17, 15) is 4.79 Å². The molecule has 0 aliphatic heterocycles. The summed E-state index contributed by atoms with van der Waals surface area (Å²) in [4.78, 5) is 12.6. The summed E-state index contributed by atoms with van der Waals surface area (Å²) in [6.07, 6.45) is 0. The number of halogens is 1. The maximum Gasteiger partial charge on any atom is 0.196 e. The molecule has 0 atom stereocenters. The fourth-order valence-corrected chi connectivity index (χ4v) is 3.95. The van der Waals surface area contributed by atoms with Crippen LogP contribution >= 0.6 is 23.4 Å². The van der Waals surface area contributed by atoms with Crippen molar-refractivity contribution in [2.24, 2.45) is 0 Å². The Kier molecular flexibility index (Phi) is 6.70. The smallest absolute Gasteiger partial charge is 0.196 e. The average molecular weight is 450 g/mol. The first-order valence-corrected chi connectivity index (χ1v) is 11.1. The molecule has 0 amide bonds. The van der Waals surface area contributed by atoms with Crippen molar-refractivity contribution in [1.29, 1.82) is 0 Å². The second-order valence-corrected chi connectivity index (χ2v) is 8.27. The molecule has 1 aromatic heterocycles. The normalized spacial score (nSPS) is 10.8. The summed E-state index contributed by atoms with van der Waals surface area (Å²) in [5, 5.41) is 9.90. The number of aromatic nitrogens is 3. The third-order valence-corrected chi connectivity index (χ3v) is 5.78. The van der Waals surface area contributed by atoms with Gasteiger partial charge in [0, 0.05) is 16.3 Å². The van der Waals surface area contributed by atoms with Gasteiger partial charge in [0.2, 0.25) is 0 Å². The van der Waals surface area contributed by atoms with E-state index in [1.54, 1.807) is 24.3 Å². The highest BCUT2D eigenvalue weighted by Gasteiger charge is 2.17. The number of aryl methyl sites for hydroxylation is 1. The second-order valence-electron chi connectivity index (χ2n) is 6.89. The van der Waals surface area contributed by atoms with Crippen molar-refractivity contribution >= 4 is 29.1 Å². The largest absolute Gasteiger partial charge is 0.486 e. The predicted molar refractivity (Wildman–Crippen MR) is 123 cm³/mol. The summed E-state index contributed by atoms with van der Waals surface area (Å²) in [5.74, 6) is 1.66. The summed E-state index contributed by atoms with van der Waals surface area (Å²) < 4.78 is 7.82. The topological polar surface area (TPSA) is 57.0 Å². The molecular weight excluding hydrogens is 430 g/mol. The molecule has 0 bridgehead atoms. The Morgan fingerprint density at radius 2 is 1.68 bits per heavy atom. The predicted octanol–water partition coefficient (Wildman–Crippen LogP) is 5.78. The zero-order chi connectivity index (χ0) is 21.6. The van der Waals surface area contributed by atoms with Crippen molar-refractivity contribution < 1.29 is 9.53 Å². The van der Waals surface area contributed by atoms with Crippen LogP contribution in [0.5, 0.6) is 5.75 Å². The number of rotatable bonds is 8. The molecule has 0 N–H and O–H groups in total. The molecule has 0 aliphatic rings. The summed E-state index contributed by atoms with van der Waals surface area (Å²) in [5.41, 5.74) is 2.70. The van der Waals surface area contributed by atoms with Crippen LogP contribution in [-0.2, 0) is 6.61 Å². The monoisotopic (exact) mass is 449 g/mol. The first kappa shape index (κ1) is 21.2. The van der Waals surface area contributed by atoms with Crippen molar-refractivity contribution in [2.75, 3.05) is 5.75 Å². The minimum Gasteiger partial charge on any atom is -0.486 e. The van der Waals surface area contributed by atoms with Crippen molar-refractivity contribution in [2.45, 2.75) is 18.7 Å². The van der Waals surface area contributed by atoms with Crippen LogP contribution in [0.2, 0.25) is 5.02 Å². The van der Waals surface area contributed by atoms with Crippen LogP contribution in [0.3, 0.4) is 0 Å². The van der Waals surface area contributed by atoms with E-state index in [2.05, 4.69) is 10.2 Å². The Bertz CT molecular complexity index is 1160. The van der Waals surface area contributed by atoms with Gasteiger partial charge in [-0.2, -0.15) is 0 Å². The lowest BCUT2D eigenvalue weighted by Crippen LogP contribution is -2.08. The highest BCUT2D eigenvalue weighted by atomic mass is 35.5. The number of hydrogen-bond donors (Lipinski definition) is 0. The van der Waals surface area contributed by atoms with Crippen molar-refractivity contribution in [1.82, 2.24) is 14.8 Å². The third kappa shape index (κ3) is 5.34. The van der Waals surface area contributed by atoms with Crippen molar-refractivity contribution in [3.63, 3.8) is 0 Å². The zero-order valence-corrected chi connectivity index (χ0v) is 18.4. The number of carbonyl (C=O) groups excluding carboxylic acids is 1. The maximum atomic E-state index is 12.6. The van der Waals surface area contributed by atoms with E-state index in [1.165, 1.54) is 11.8 Å². The second kappa shape index (κ2) is 9.81. The molecule has 0 aliphatic carbocycles. The molecule has 31 heavy (non-hydrogen) atoms. The van der Waals surface area contributed by atoms with Gasteiger partial charge >= 0.3 is 0 Å². The van der Waals surface area contributed by atoms with Gasteiger partial charge in [-0.05, 0) is 55.5 Å². The van der Waals surface area contributed by atoms with Gasteiger partial charge in [-0.3, -0.25) is 9.36 Å². The number of ketones is 1. The van der Waals surface area contributed by atoms with Gasteiger partial charge < -0.3 is 4.74 Å². The molecule has 3 aromatic carbocycles. The molecule has 7 heteroatoms. The van der Waals surface area contributed by atoms with Gasteiger partial charge in [-0.1, -0.05) is 59.3 Å². The van der Waals surface area contributed by atoms with E-state index in [4.69, 9.17) is 16.3 Å². The van der Waals surface area contributed by atoms with Crippen LogP contribution < -0.4 is 4.74 Å². The summed E-state index contributed by atoms with van der Waals surface area (Å²) >= 11 is 7.26. The highest BCUT2D eigenvalue weighted by molar-refractivity contribution is 7.99.